The summed E-state index contributed by atoms with van der Waals surface area (Å²) in [5.74, 6) is -0.129. The van der Waals surface area contributed by atoms with Gasteiger partial charge in [0, 0.05) is 24.7 Å². The van der Waals surface area contributed by atoms with E-state index in [4.69, 9.17) is 5.73 Å². The van der Waals surface area contributed by atoms with E-state index >= 15 is 0 Å². The van der Waals surface area contributed by atoms with E-state index in [1.54, 1.807) is 0 Å². The molecule has 0 aromatic heterocycles. The van der Waals surface area contributed by atoms with Gasteiger partial charge in [0.05, 0.1) is 12.5 Å². The summed E-state index contributed by atoms with van der Waals surface area (Å²) in [7, 11) is 0. The molecule has 5 nitrogen and oxygen atoms in total. The highest BCUT2D eigenvalue weighted by molar-refractivity contribution is 5.94. The first-order valence-electron chi connectivity index (χ1n) is 10.2. The highest BCUT2D eigenvalue weighted by Crippen LogP contribution is 2.29. The van der Waals surface area contributed by atoms with E-state index in [0.717, 1.165) is 17.5 Å². The fourth-order valence-corrected chi connectivity index (χ4v) is 3.77. The van der Waals surface area contributed by atoms with Gasteiger partial charge in [0.25, 0.3) is 5.91 Å². The van der Waals surface area contributed by atoms with Gasteiger partial charge in [-0.05, 0) is 36.5 Å². The third-order valence-corrected chi connectivity index (χ3v) is 5.86. The molecule has 162 valence electrons. The van der Waals surface area contributed by atoms with Crippen LogP contribution in [0.4, 0.5) is 0 Å². The molecule has 1 saturated heterocycles. The minimum absolute atomic E-state index is 0. The van der Waals surface area contributed by atoms with Gasteiger partial charge in [-0.25, -0.2) is 0 Å². The first-order chi connectivity index (χ1) is 13.8. The van der Waals surface area contributed by atoms with Crippen molar-refractivity contribution in [2.75, 3.05) is 13.1 Å². The van der Waals surface area contributed by atoms with Crippen LogP contribution < -0.4 is 11.1 Å². The zero-order chi connectivity index (χ0) is 21.0. The number of piperidine rings is 1. The Morgan fingerprint density at radius 2 is 1.77 bits per heavy atom. The second-order valence-corrected chi connectivity index (χ2v) is 8.71. The van der Waals surface area contributed by atoms with Gasteiger partial charge in [-0.1, -0.05) is 61.9 Å². The molecule has 0 bridgehead atoms. The second-order valence-electron chi connectivity index (χ2n) is 8.71. The highest BCUT2D eigenvalue weighted by Gasteiger charge is 2.36. The molecule has 1 heterocycles. The summed E-state index contributed by atoms with van der Waals surface area (Å²) in [6, 6.07) is 16.8. The molecule has 0 saturated carbocycles. The van der Waals surface area contributed by atoms with Crippen molar-refractivity contribution >= 4 is 24.2 Å². The quantitative estimate of drug-likeness (QED) is 0.757. The molecule has 0 spiro atoms. The second kappa shape index (κ2) is 10.1. The molecule has 2 amide bonds. The van der Waals surface area contributed by atoms with Crippen molar-refractivity contribution in [1.82, 2.24) is 10.2 Å². The lowest BCUT2D eigenvalue weighted by Gasteiger charge is -2.43. The lowest BCUT2D eigenvalue weighted by Crippen LogP contribution is -2.54. The van der Waals surface area contributed by atoms with Crippen molar-refractivity contribution < 1.29 is 9.59 Å². The van der Waals surface area contributed by atoms with Gasteiger partial charge in [0.2, 0.25) is 5.91 Å². The van der Waals surface area contributed by atoms with Crippen LogP contribution in [0, 0.1) is 12.3 Å². The van der Waals surface area contributed by atoms with Gasteiger partial charge in [-0.15, -0.1) is 12.4 Å². The van der Waals surface area contributed by atoms with Crippen LogP contribution >= 0.6 is 12.4 Å². The van der Waals surface area contributed by atoms with E-state index in [0.29, 0.717) is 18.7 Å². The molecule has 1 aliphatic heterocycles. The molecule has 3 rings (SSSR count). The van der Waals surface area contributed by atoms with Crippen LogP contribution in [0.25, 0.3) is 0 Å². The Kier molecular flexibility index (Phi) is 8.04. The van der Waals surface area contributed by atoms with Crippen molar-refractivity contribution in [2.45, 2.75) is 45.7 Å². The van der Waals surface area contributed by atoms with Crippen molar-refractivity contribution in [3.8, 4) is 0 Å². The number of benzene rings is 2. The Balaban J connectivity index is 0.00000320. The van der Waals surface area contributed by atoms with E-state index in [-0.39, 0.29) is 48.1 Å². The maximum absolute atomic E-state index is 13.1. The van der Waals surface area contributed by atoms with Crippen molar-refractivity contribution in [2.24, 2.45) is 11.1 Å². The molecule has 1 fully saturated rings. The van der Waals surface area contributed by atoms with Gasteiger partial charge >= 0.3 is 0 Å². The van der Waals surface area contributed by atoms with E-state index in [1.807, 2.05) is 66.4 Å². The minimum Gasteiger partial charge on any atom is -0.345 e. The lowest BCUT2D eigenvalue weighted by atomic mass is 9.79. The number of hydrogen-bond acceptors (Lipinski definition) is 3. The summed E-state index contributed by atoms with van der Waals surface area (Å²) in [4.78, 5) is 27.8. The fraction of sp³-hybridized carbons (Fsp3) is 0.417. The number of nitrogens with two attached hydrogens (primary N) is 1. The molecule has 2 atom stereocenters. The lowest BCUT2D eigenvalue weighted by molar-refractivity contribution is -0.135. The first kappa shape index (κ1) is 23.9. The summed E-state index contributed by atoms with van der Waals surface area (Å²) < 4.78 is 0. The van der Waals surface area contributed by atoms with Gasteiger partial charge < -0.3 is 16.0 Å². The topological polar surface area (TPSA) is 75.4 Å². The molecule has 2 aromatic rings. The minimum atomic E-state index is -0.379. The molecule has 1 aliphatic rings. The summed E-state index contributed by atoms with van der Waals surface area (Å²) in [6.45, 7) is 7.49. The number of nitrogens with one attached hydrogen (secondary N) is 1. The van der Waals surface area contributed by atoms with E-state index in [1.165, 1.54) is 0 Å². The summed E-state index contributed by atoms with van der Waals surface area (Å²) >= 11 is 0. The third-order valence-electron chi connectivity index (χ3n) is 5.86. The standard InChI is InChI=1S/C24H31N3O2.ClH/c1-17-9-11-19(12-10-17)23(29)26-20(18-7-5-4-6-8-18)15-22(28)27-14-13-21(25)24(2,3)16-27;/h4-12,20-21H,13-16,25H2,1-3H3,(H,26,29);1H. The summed E-state index contributed by atoms with van der Waals surface area (Å²) in [6.07, 6.45) is 1.03. The van der Waals surface area contributed by atoms with Crippen LogP contribution in [0.5, 0.6) is 0 Å². The maximum atomic E-state index is 13.1. The van der Waals surface area contributed by atoms with E-state index < -0.39 is 0 Å². The first-order valence-corrected chi connectivity index (χ1v) is 10.2. The van der Waals surface area contributed by atoms with Gasteiger partial charge in [0.1, 0.15) is 0 Å². The van der Waals surface area contributed by atoms with Crippen molar-refractivity contribution in [3.05, 3.63) is 71.3 Å². The van der Waals surface area contributed by atoms with Crippen molar-refractivity contribution in [3.63, 3.8) is 0 Å². The third kappa shape index (κ3) is 5.83. The zero-order valence-electron chi connectivity index (χ0n) is 17.9. The van der Waals surface area contributed by atoms with E-state index in [9.17, 15) is 9.59 Å². The monoisotopic (exact) mass is 429 g/mol. The summed E-state index contributed by atoms with van der Waals surface area (Å²) in [5.41, 5.74) is 8.72. The number of carbonyl (C=O) groups is 2. The number of likely N-dealkylation sites (tertiary alicyclic amines) is 1. The maximum Gasteiger partial charge on any atom is 0.251 e. The Labute approximate surface area is 185 Å². The number of halogens is 1. The molecular weight excluding hydrogens is 398 g/mol. The average molecular weight is 430 g/mol. The Morgan fingerprint density at radius 3 is 2.37 bits per heavy atom. The smallest absolute Gasteiger partial charge is 0.251 e. The van der Waals surface area contributed by atoms with Gasteiger partial charge in [-0.2, -0.15) is 0 Å². The molecule has 2 unspecified atom stereocenters. The predicted octanol–water partition coefficient (Wildman–Crippen LogP) is 3.86. The number of nitrogens with zero attached hydrogens (tertiary/aromatic N) is 1. The normalized spacial score (nSPS) is 18.8. The SMILES string of the molecule is Cc1ccc(C(=O)NC(CC(=O)N2CCC(N)C(C)(C)C2)c2ccccc2)cc1.Cl. The van der Waals surface area contributed by atoms with Crippen LogP contribution in [0.3, 0.4) is 0 Å². The fourth-order valence-electron chi connectivity index (χ4n) is 3.77. The number of hydrogen-bond donors (Lipinski definition) is 2. The molecule has 30 heavy (non-hydrogen) atoms. The van der Waals surface area contributed by atoms with E-state index in [2.05, 4.69) is 19.2 Å². The predicted molar refractivity (Wildman–Crippen MR) is 123 cm³/mol. The number of aryl methyl sites for hydroxylation is 1. The zero-order valence-corrected chi connectivity index (χ0v) is 18.7. The highest BCUT2D eigenvalue weighted by atomic mass is 35.5. The summed E-state index contributed by atoms with van der Waals surface area (Å²) in [5, 5.41) is 3.06. The van der Waals surface area contributed by atoms with Crippen LogP contribution in [0.2, 0.25) is 0 Å². The Morgan fingerprint density at radius 1 is 1.13 bits per heavy atom. The van der Waals surface area contributed by atoms with Crippen LogP contribution in [-0.2, 0) is 4.79 Å². The van der Waals surface area contributed by atoms with Gasteiger partial charge in [-0.3, -0.25) is 9.59 Å². The molecule has 3 N–H and O–H groups in total. The largest absolute Gasteiger partial charge is 0.345 e. The molecule has 0 radical (unpaired) electrons. The number of amides is 2. The van der Waals surface area contributed by atoms with Crippen LogP contribution in [-0.4, -0.2) is 35.8 Å². The number of carbonyl (C=O) groups excluding carboxylic acids is 2. The molecule has 2 aromatic carbocycles. The molecule has 0 aliphatic carbocycles. The van der Waals surface area contributed by atoms with Crippen LogP contribution in [0.1, 0.15) is 54.2 Å². The molecule has 6 heteroatoms. The number of rotatable bonds is 5. The van der Waals surface area contributed by atoms with Gasteiger partial charge in [0.15, 0.2) is 0 Å². The Bertz CT molecular complexity index is 853. The Hall–Kier alpha value is -2.37. The van der Waals surface area contributed by atoms with Crippen LogP contribution in [0.15, 0.2) is 54.6 Å². The molecular formula is C24H32ClN3O2. The van der Waals surface area contributed by atoms with Crippen molar-refractivity contribution in [1.29, 1.82) is 0 Å². The average Bonchev–Trinajstić information content (AvgIpc) is 2.70.